The van der Waals surface area contributed by atoms with Gasteiger partial charge in [-0.1, -0.05) is 32.0 Å². The minimum atomic E-state index is -4.95. The number of aryl methyl sites for hydroxylation is 2. The molecule has 2 saturated heterocycles. The lowest BCUT2D eigenvalue weighted by atomic mass is 9.86. The van der Waals surface area contributed by atoms with Gasteiger partial charge in [-0.2, -0.15) is 28.4 Å². The van der Waals surface area contributed by atoms with E-state index in [1.54, 1.807) is 34.6 Å². The lowest BCUT2D eigenvalue weighted by Gasteiger charge is -2.41. The third-order valence-electron chi connectivity index (χ3n) is 14.9. The number of aliphatic hydroxyl groups is 1. The molecule has 3 atom stereocenters. The zero-order valence-corrected chi connectivity index (χ0v) is 42.2. The Morgan fingerprint density at radius 2 is 1.83 bits per heavy atom. The molecule has 2 fully saturated rings. The van der Waals surface area contributed by atoms with Crippen LogP contribution in [-0.4, -0.2) is 110 Å². The van der Waals surface area contributed by atoms with Crippen molar-refractivity contribution in [3.63, 3.8) is 0 Å². The molecule has 2 aromatic carbocycles. The van der Waals surface area contributed by atoms with Gasteiger partial charge in [-0.15, -0.1) is 0 Å². The Morgan fingerprint density at radius 3 is 2.53 bits per heavy atom. The molecule has 6 aromatic rings. The number of amides is 1. The summed E-state index contributed by atoms with van der Waals surface area (Å²) in [6.45, 7) is 9.80. The molecule has 3 N–H and O–H groups in total. The van der Waals surface area contributed by atoms with Crippen molar-refractivity contribution in [1.29, 1.82) is 5.26 Å². The number of esters is 1. The van der Waals surface area contributed by atoms with Gasteiger partial charge in [0.1, 0.15) is 42.7 Å². The Balaban J connectivity index is 0.909. The number of halogens is 5. The summed E-state index contributed by atoms with van der Waals surface area (Å²) in [6.07, 6.45) is -2.73. The number of hydrogen-bond acceptors (Lipinski definition) is 15. The predicted octanol–water partition coefficient (Wildman–Crippen LogP) is 7.39. The third-order valence-corrected chi connectivity index (χ3v) is 15.2. The number of piperazine rings is 1. The average molecular weight is 1050 g/mol. The highest BCUT2D eigenvalue weighted by atomic mass is 35.5. The lowest BCUT2D eigenvalue weighted by molar-refractivity contribution is -0.172. The van der Waals surface area contributed by atoms with Crippen molar-refractivity contribution in [2.75, 3.05) is 57.1 Å². The number of likely N-dealkylation sites (tertiary alicyclic amines) is 1. The van der Waals surface area contributed by atoms with Crippen LogP contribution in [0.5, 0.6) is 11.8 Å². The molecule has 8 heterocycles. The van der Waals surface area contributed by atoms with Crippen LogP contribution in [0.4, 0.5) is 29.2 Å². The van der Waals surface area contributed by atoms with E-state index in [2.05, 4.69) is 27.5 Å². The van der Waals surface area contributed by atoms with Crippen LogP contribution in [0.3, 0.4) is 0 Å². The lowest BCUT2D eigenvalue weighted by Crippen LogP contribution is -2.56. The number of benzene rings is 2. The van der Waals surface area contributed by atoms with Crippen LogP contribution in [-0.2, 0) is 45.7 Å². The number of nitrogen functional groups attached to an aromatic ring is 1. The summed E-state index contributed by atoms with van der Waals surface area (Å²) in [6, 6.07) is 10.4. The molecule has 390 valence electrons. The molecule has 0 bridgehead atoms. The van der Waals surface area contributed by atoms with Crippen molar-refractivity contribution < 1.29 is 46.5 Å². The average Bonchev–Trinajstić information content (AvgIpc) is 3.99. The van der Waals surface area contributed by atoms with Crippen LogP contribution in [0.15, 0.2) is 53.3 Å². The number of aromatic nitrogens is 5. The second-order valence-electron chi connectivity index (χ2n) is 19.4. The monoisotopic (exact) mass is 1050 g/mol. The number of alkyl halides is 3. The topological polar surface area (TPSA) is 215 Å². The van der Waals surface area contributed by atoms with Crippen molar-refractivity contribution in [3.05, 3.63) is 103 Å². The number of nitrogens with zero attached hydrogens (tertiary/aromatic N) is 9. The van der Waals surface area contributed by atoms with E-state index >= 15 is 4.39 Å². The molecule has 17 nitrogen and oxygen atoms in total. The second-order valence-corrected chi connectivity index (χ2v) is 19.8. The number of carbonyl (C=O) groups is 2. The maximum absolute atomic E-state index is 17.1. The van der Waals surface area contributed by atoms with Crippen LogP contribution < -0.4 is 25.7 Å². The molecular weight excluding hydrogens is 1000 g/mol. The Bertz CT molecular complexity index is 3510. The highest BCUT2D eigenvalue weighted by Gasteiger charge is 2.46. The highest BCUT2D eigenvalue weighted by molar-refractivity contribution is 6.34. The van der Waals surface area contributed by atoms with Crippen LogP contribution in [0.1, 0.15) is 72.9 Å². The van der Waals surface area contributed by atoms with E-state index in [9.17, 15) is 37.9 Å². The molecule has 3 unspecified atom stereocenters. The van der Waals surface area contributed by atoms with Gasteiger partial charge in [-0.25, -0.2) is 19.2 Å². The molecule has 10 rings (SSSR count). The Hall–Kier alpha value is -7.41. The fraction of sp³-hybridized carbons (Fsp3) is 0.396. The third kappa shape index (κ3) is 8.81. The first-order chi connectivity index (χ1) is 35.8. The number of ether oxygens (including phenoxy) is 3. The molecule has 0 aliphatic carbocycles. The number of cyclic esters (lactones) is 1. The molecule has 0 radical (unpaired) electrons. The maximum atomic E-state index is 17.1. The number of nitriles is 1. The summed E-state index contributed by atoms with van der Waals surface area (Å²) in [4.78, 5) is 64.1. The summed E-state index contributed by atoms with van der Waals surface area (Å²) >= 11 is 6.71. The number of nitrogens with two attached hydrogens (primary N) is 1. The SMILES string of the molecule is C=C(COc1ccc2nc3c(c(CC)c2c1)Cn1c-3cc2c(c1=O)COC(=O)C2(O)CC)C(=O)N1CCN(c2nc(OCC3CCCN3C)nc3c(F)c(-c4nc(N)cc(C)c4C(F)(F)F)c(Cl)cc23)CC1CC#N. The Morgan fingerprint density at radius 1 is 1.04 bits per heavy atom. The normalized spacial score (nSPS) is 19.5. The van der Waals surface area contributed by atoms with E-state index in [4.69, 9.17) is 41.5 Å². The van der Waals surface area contributed by atoms with E-state index in [1.807, 2.05) is 20.0 Å². The van der Waals surface area contributed by atoms with Gasteiger partial charge in [0.15, 0.2) is 11.4 Å². The first kappa shape index (κ1) is 51.1. The molecule has 1 amide bonds. The van der Waals surface area contributed by atoms with Gasteiger partial charge in [0.2, 0.25) is 0 Å². The van der Waals surface area contributed by atoms with Crippen molar-refractivity contribution in [1.82, 2.24) is 34.3 Å². The van der Waals surface area contributed by atoms with E-state index in [0.29, 0.717) is 29.1 Å². The summed E-state index contributed by atoms with van der Waals surface area (Å²) in [5, 5.41) is 21.8. The summed E-state index contributed by atoms with van der Waals surface area (Å²) in [7, 11) is 1.94. The predicted molar refractivity (Wildman–Crippen MR) is 270 cm³/mol. The van der Waals surface area contributed by atoms with Gasteiger partial charge in [0, 0.05) is 53.1 Å². The van der Waals surface area contributed by atoms with Crippen LogP contribution in [0, 0.1) is 24.1 Å². The van der Waals surface area contributed by atoms with Crippen molar-refractivity contribution in [2.24, 2.45) is 0 Å². The molecule has 75 heavy (non-hydrogen) atoms. The van der Waals surface area contributed by atoms with E-state index in [-0.39, 0.29) is 121 Å². The van der Waals surface area contributed by atoms with E-state index < -0.39 is 57.4 Å². The first-order valence-electron chi connectivity index (χ1n) is 24.5. The van der Waals surface area contributed by atoms with Gasteiger partial charge in [0.05, 0.1) is 69.4 Å². The van der Waals surface area contributed by atoms with Gasteiger partial charge >= 0.3 is 18.2 Å². The van der Waals surface area contributed by atoms with Gasteiger partial charge in [-0.05, 0) is 93.7 Å². The fourth-order valence-electron chi connectivity index (χ4n) is 10.9. The number of rotatable bonds is 12. The number of likely N-dealkylation sites (N-methyl/N-ethyl adjacent to an activating group) is 1. The number of anilines is 2. The van der Waals surface area contributed by atoms with Crippen LogP contribution in [0.2, 0.25) is 5.02 Å². The highest BCUT2D eigenvalue weighted by Crippen LogP contribution is 2.46. The maximum Gasteiger partial charge on any atom is 0.418 e. The van der Waals surface area contributed by atoms with Crippen LogP contribution in [0.25, 0.3) is 44.5 Å². The largest absolute Gasteiger partial charge is 0.489 e. The molecule has 0 spiro atoms. The number of hydrogen-bond donors (Lipinski definition) is 2. The number of carbonyl (C=O) groups excluding carboxylic acids is 2. The molecule has 0 saturated carbocycles. The standard InChI is InChI=1S/C53H51ClF4N10O7/c1-6-31-32-18-30(10-11-38(32)61-44-34(31)22-68-39(44)20-36-35(49(68)70)25-74-50(71)52(36,72)7-2)73-23-27(4)48(69)67-16-15-66(21-28(67)12-13-59)47-33-19-37(54)41(46-42(53(56,57)58)26(3)17-40(60)62-46)43(55)45(33)63-51(64-47)75-24-29-9-8-14-65(29)5/h10-11,17-20,28-29,72H,4,6-9,12,14-16,21-25H2,1-3,5H3,(H2,60,62). The van der Waals surface area contributed by atoms with Crippen molar-refractivity contribution in [3.8, 4) is 40.5 Å². The number of pyridine rings is 3. The van der Waals surface area contributed by atoms with Gasteiger partial charge in [0.25, 0.3) is 11.5 Å². The molecule has 4 aliphatic heterocycles. The zero-order chi connectivity index (χ0) is 53.4. The Labute approximate surface area is 432 Å². The van der Waals surface area contributed by atoms with Crippen molar-refractivity contribution in [2.45, 2.75) is 89.9 Å². The Kier molecular flexibility index (Phi) is 13.2. The fourth-order valence-corrected chi connectivity index (χ4v) is 11.2. The quantitative estimate of drug-likeness (QED) is 0.0693. The minimum Gasteiger partial charge on any atom is -0.489 e. The molecule has 4 aliphatic rings. The van der Waals surface area contributed by atoms with Crippen molar-refractivity contribution >= 4 is 56.9 Å². The summed E-state index contributed by atoms with van der Waals surface area (Å²) in [5.74, 6) is -2.22. The van der Waals surface area contributed by atoms with E-state index in [0.717, 1.165) is 42.0 Å². The molecule has 22 heteroatoms. The molecule has 4 aromatic heterocycles. The summed E-state index contributed by atoms with van der Waals surface area (Å²) < 4.78 is 79.8. The van der Waals surface area contributed by atoms with Crippen LogP contribution >= 0.6 is 11.6 Å². The second kappa shape index (κ2) is 19.4. The first-order valence-corrected chi connectivity index (χ1v) is 24.9. The zero-order valence-electron chi connectivity index (χ0n) is 41.4. The van der Waals surface area contributed by atoms with E-state index in [1.165, 1.54) is 17.9 Å². The van der Waals surface area contributed by atoms with Gasteiger partial charge in [-0.3, -0.25) is 9.59 Å². The van der Waals surface area contributed by atoms with Gasteiger partial charge < -0.3 is 44.3 Å². The minimum absolute atomic E-state index is 0.00165. The molecular formula is C53H51ClF4N10O7. The number of fused-ring (bicyclic) bond motifs is 6. The summed E-state index contributed by atoms with van der Waals surface area (Å²) in [5.41, 5.74) is 4.18. The smallest absolute Gasteiger partial charge is 0.418 e.